The number of thiocarbonyl (C=S) groups is 1. The van der Waals surface area contributed by atoms with Crippen molar-refractivity contribution in [2.75, 3.05) is 5.32 Å². The Hall–Kier alpha value is -0.840. The van der Waals surface area contributed by atoms with Crippen LogP contribution in [0.4, 0.5) is 5.69 Å². The van der Waals surface area contributed by atoms with E-state index in [1.807, 2.05) is 29.2 Å². The number of anilines is 1. The van der Waals surface area contributed by atoms with Crippen LogP contribution in [0.25, 0.3) is 0 Å². The summed E-state index contributed by atoms with van der Waals surface area (Å²) in [5.41, 5.74) is 0.958. The van der Waals surface area contributed by atoms with Crippen LogP contribution in [0.2, 0.25) is 5.02 Å². The molecule has 0 unspecified atom stereocenters. The van der Waals surface area contributed by atoms with Gasteiger partial charge in [0, 0.05) is 29.6 Å². The predicted octanol–water partition coefficient (Wildman–Crippen LogP) is 3.54. The van der Waals surface area contributed by atoms with Gasteiger partial charge in [-0.05, 0) is 75.4 Å². The van der Waals surface area contributed by atoms with Gasteiger partial charge in [0.2, 0.25) is 0 Å². The lowest BCUT2D eigenvalue weighted by Crippen LogP contribution is -3.24. The first-order valence-corrected chi connectivity index (χ1v) is 10.7. The average molecular weight is 379 g/mol. The SMILES string of the molecule is S=C(Nc1cccc(Cl)c1)NC1C[C@H]2CCC[C@H](C1)[NH+]2C1CCCC1. The van der Waals surface area contributed by atoms with E-state index in [0.717, 1.165) is 33.9 Å². The van der Waals surface area contributed by atoms with Gasteiger partial charge in [0.1, 0.15) is 0 Å². The van der Waals surface area contributed by atoms with Crippen LogP contribution in [-0.4, -0.2) is 29.3 Å². The molecule has 0 amide bonds. The standard InChI is InChI=1S/C20H28ClN3S/c21-14-5-3-6-15(11-14)22-20(25)23-16-12-18-9-4-10-19(13-16)24(18)17-7-1-2-8-17/h3,5-6,11,16-19H,1-2,4,7-10,12-13H2,(H2,22,23,25)/p+1/t18-,19-/m1/s1. The van der Waals surface area contributed by atoms with Crippen LogP contribution in [-0.2, 0) is 0 Å². The van der Waals surface area contributed by atoms with Gasteiger partial charge in [0.05, 0.1) is 18.1 Å². The fraction of sp³-hybridized carbons (Fsp3) is 0.650. The monoisotopic (exact) mass is 378 g/mol. The first-order chi connectivity index (χ1) is 12.2. The highest BCUT2D eigenvalue weighted by Crippen LogP contribution is 2.26. The Morgan fingerprint density at radius 2 is 1.68 bits per heavy atom. The lowest BCUT2D eigenvalue weighted by Gasteiger charge is -2.48. The van der Waals surface area contributed by atoms with Crippen LogP contribution >= 0.6 is 23.8 Å². The predicted molar refractivity (Wildman–Crippen MR) is 108 cm³/mol. The van der Waals surface area contributed by atoms with Crippen molar-refractivity contribution in [3.63, 3.8) is 0 Å². The summed E-state index contributed by atoms with van der Waals surface area (Å²) in [6, 6.07) is 10.9. The van der Waals surface area contributed by atoms with Crippen LogP contribution in [0.3, 0.4) is 0 Å². The molecule has 0 spiro atoms. The van der Waals surface area contributed by atoms with Crippen molar-refractivity contribution in [1.82, 2.24) is 5.32 Å². The zero-order valence-corrected chi connectivity index (χ0v) is 16.3. The molecular formula is C20H29ClN3S+. The Kier molecular flexibility index (Phi) is 5.49. The fourth-order valence-corrected chi connectivity index (χ4v) is 6.01. The molecule has 1 aliphatic carbocycles. The van der Waals surface area contributed by atoms with E-state index < -0.39 is 0 Å². The van der Waals surface area contributed by atoms with E-state index >= 15 is 0 Å². The Bertz CT molecular complexity index is 603. The van der Waals surface area contributed by atoms with Crippen LogP contribution in [0, 0.1) is 0 Å². The van der Waals surface area contributed by atoms with Crippen LogP contribution in [0.1, 0.15) is 57.8 Å². The van der Waals surface area contributed by atoms with Gasteiger partial charge in [-0.2, -0.15) is 0 Å². The maximum atomic E-state index is 6.06. The third kappa shape index (κ3) is 4.12. The second-order valence-electron chi connectivity index (χ2n) is 8.08. The minimum absolute atomic E-state index is 0.514. The molecule has 1 saturated carbocycles. The Morgan fingerprint density at radius 1 is 1.00 bits per heavy atom. The van der Waals surface area contributed by atoms with Crippen LogP contribution in [0.15, 0.2) is 24.3 Å². The highest BCUT2D eigenvalue weighted by atomic mass is 35.5. The zero-order chi connectivity index (χ0) is 17.2. The number of halogens is 1. The molecular weight excluding hydrogens is 350 g/mol. The van der Waals surface area contributed by atoms with Crippen LogP contribution < -0.4 is 15.5 Å². The van der Waals surface area contributed by atoms with E-state index in [4.69, 9.17) is 23.8 Å². The first kappa shape index (κ1) is 17.6. The van der Waals surface area contributed by atoms with Crippen molar-refractivity contribution in [1.29, 1.82) is 0 Å². The third-order valence-corrected chi connectivity index (χ3v) is 6.89. The molecule has 1 aromatic carbocycles. The molecule has 2 atom stereocenters. The molecule has 3 fully saturated rings. The Morgan fingerprint density at radius 3 is 2.36 bits per heavy atom. The van der Waals surface area contributed by atoms with Crippen molar-refractivity contribution >= 4 is 34.6 Å². The van der Waals surface area contributed by atoms with E-state index in [9.17, 15) is 0 Å². The summed E-state index contributed by atoms with van der Waals surface area (Å²) < 4.78 is 0. The fourth-order valence-electron chi connectivity index (χ4n) is 5.53. The highest BCUT2D eigenvalue weighted by molar-refractivity contribution is 7.80. The molecule has 0 radical (unpaired) electrons. The number of hydrogen-bond acceptors (Lipinski definition) is 1. The molecule has 25 heavy (non-hydrogen) atoms. The van der Waals surface area contributed by atoms with Gasteiger partial charge in [-0.15, -0.1) is 0 Å². The lowest BCUT2D eigenvalue weighted by atomic mass is 9.80. The smallest absolute Gasteiger partial charge is 0.171 e. The van der Waals surface area contributed by atoms with Crippen molar-refractivity contribution in [2.45, 2.75) is 82.0 Å². The van der Waals surface area contributed by atoms with Crippen molar-refractivity contribution < 1.29 is 4.90 Å². The second-order valence-corrected chi connectivity index (χ2v) is 8.93. The topological polar surface area (TPSA) is 28.5 Å². The Labute approximate surface area is 161 Å². The molecule has 4 rings (SSSR count). The molecule has 3 N–H and O–H groups in total. The molecule has 2 heterocycles. The molecule has 5 heteroatoms. The summed E-state index contributed by atoms with van der Waals surface area (Å²) in [6.45, 7) is 0. The van der Waals surface area contributed by atoms with Crippen molar-refractivity contribution in [2.24, 2.45) is 0 Å². The maximum absolute atomic E-state index is 6.06. The maximum Gasteiger partial charge on any atom is 0.171 e. The van der Waals surface area contributed by atoms with E-state index in [1.165, 1.54) is 57.8 Å². The van der Waals surface area contributed by atoms with Crippen LogP contribution in [0.5, 0.6) is 0 Å². The number of piperidine rings is 2. The highest BCUT2D eigenvalue weighted by Gasteiger charge is 2.45. The van der Waals surface area contributed by atoms with Crippen molar-refractivity contribution in [3.05, 3.63) is 29.3 Å². The third-order valence-electron chi connectivity index (χ3n) is 6.43. The van der Waals surface area contributed by atoms with Gasteiger partial charge in [-0.3, -0.25) is 0 Å². The molecule has 136 valence electrons. The van der Waals surface area contributed by atoms with Gasteiger partial charge in [0.15, 0.2) is 5.11 Å². The summed E-state index contributed by atoms with van der Waals surface area (Å²) in [5, 5.41) is 8.34. The van der Waals surface area contributed by atoms with Gasteiger partial charge in [-0.1, -0.05) is 17.7 Å². The zero-order valence-electron chi connectivity index (χ0n) is 14.8. The molecule has 2 saturated heterocycles. The van der Waals surface area contributed by atoms with E-state index in [0.29, 0.717) is 6.04 Å². The summed E-state index contributed by atoms with van der Waals surface area (Å²) in [6.07, 6.45) is 12.5. The van der Waals surface area contributed by atoms with E-state index in [2.05, 4.69) is 10.6 Å². The summed E-state index contributed by atoms with van der Waals surface area (Å²) in [5.74, 6) is 0. The largest absolute Gasteiger partial charge is 0.359 e. The first-order valence-electron chi connectivity index (χ1n) is 9.89. The molecule has 2 bridgehead atoms. The van der Waals surface area contributed by atoms with E-state index in [-0.39, 0.29) is 0 Å². The number of rotatable bonds is 3. The minimum Gasteiger partial charge on any atom is -0.359 e. The van der Waals surface area contributed by atoms with E-state index in [1.54, 1.807) is 0 Å². The summed E-state index contributed by atoms with van der Waals surface area (Å²) in [4.78, 5) is 1.95. The lowest BCUT2D eigenvalue weighted by molar-refractivity contribution is -0.982. The normalized spacial score (nSPS) is 32.4. The van der Waals surface area contributed by atoms with Gasteiger partial charge < -0.3 is 15.5 Å². The summed E-state index contributed by atoms with van der Waals surface area (Å²) in [7, 11) is 0. The summed E-state index contributed by atoms with van der Waals surface area (Å²) >= 11 is 11.6. The number of nitrogens with one attached hydrogen (secondary N) is 3. The molecule has 3 aliphatic rings. The van der Waals surface area contributed by atoms with Gasteiger partial charge >= 0.3 is 0 Å². The number of fused-ring (bicyclic) bond motifs is 2. The molecule has 0 aromatic heterocycles. The molecule has 3 nitrogen and oxygen atoms in total. The quantitative estimate of drug-likeness (QED) is 0.702. The van der Waals surface area contributed by atoms with Gasteiger partial charge in [0.25, 0.3) is 0 Å². The minimum atomic E-state index is 0.514. The average Bonchev–Trinajstić information content (AvgIpc) is 3.08. The molecule has 2 aliphatic heterocycles. The number of benzene rings is 1. The Balaban J connectivity index is 1.35. The number of hydrogen-bond donors (Lipinski definition) is 3. The second kappa shape index (κ2) is 7.81. The van der Waals surface area contributed by atoms with Crippen molar-refractivity contribution in [3.8, 4) is 0 Å². The molecule has 1 aromatic rings. The van der Waals surface area contributed by atoms with Gasteiger partial charge in [-0.25, -0.2) is 0 Å². The number of quaternary nitrogens is 1.